The first-order valence-corrected chi connectivity index (χ1v) is 5.05. The lowest BCUT2D eigenvalue weighted by molar-refractivity contribution is 0.497. The molecule has 0 aliphatic carbocycles. The molecule has 0 saturated heterocycles. The minimum Gasteiger partial charge on any atom is -0.388 e. The molecule has 2 aromatic rings. The molecule has 2 heteroatoms. The monoisotopic (exact) mass is 209 g/mol. The molecule has 0 spiro atoms. The minimum absolute atomic E-state index is 0.531. The summed E-state index contributed by atoms with van der Waals surface area (Å²) in [5, 5.41) is 0. The second kappa shape index (κ2) is 5.57. The molecule has 1 heterocycles. The molecule has 16 heavy (non-hydrogen) atoms. The summed E-state index contributed by atoms with van der Waals surface area (Å²) >= 11 is 0. The molecule has 0 saturated carbocycles. The third-order valence-corrected chi connectivity index (χ3v) is 2.00. The summed E-state index contributed by atoms with van der Waals surface area (Å²) in [5.41, 5.74) is 1.18. The zero-order valence-corrected chi connectivity index (χ0v) is 8.76. The molecule has 0 aliphatic heterocycles. The highest BCUT2D eigenvalue weighted by Gasteiger charge is 1.88. The van der Waals surface area contributed by atoms with Gasteiger partial charge in [0.15, 0.2) is 0 Å². The van der Waals surface area contributed by atoms with Gasteiger partial charge in [0.25, 0.3) is 0 Å². The number of hydrogen-bond acceptors (Lipinski definition) is 2. The molecule has 0 atom stereocenters. The second-order valence-corrected chi connectivity index (χ2v) is 3.21. The van der Waals surface area contributed by atoms with Gasteiger partial charge in [-0.15, -0.1) is 0 Å². The van der Waals surface area contributed by atoms with Crippen LogP contribution in [-0.4, -0.2) is 4.98 Å². The van der Waals surface area contributed by atoms with Crippen LogP contribution < -0.4 is 4.74 Å². The molecule has 78 valence electrons. The zero-order valence-electron chi connectivity index (χ0n) is 8.76. The molecule has 0 unspecified atom stereocenters. The lowest BCUT2D eigenvalue weighted by Gasteiger charge is -1.93. The summed E-state index contributed by atoms with van der Waals surface area (Å²) in [7, 11) is 0. The lowest BCUT2D eigenvalue weighted by atomic mass is 10.2. The highest BCUT2D eigenvalue weighted by molar-refractivity contribution is 5.20. The van der Waals surface area contributed by atoms with E-state index in [9.17, 15) is 0 Å². The molecule has 0 fully saturated rings. The van der Waals surface area contributed by atoms with Crippen molar-refractivity contribution in [2.75, 3.05) is 0 Å². The van der Waals surface area contributed by atoms with Crippen molar-refractivity contribution in [1.29, 1.82) is 0 Å². The highest BCUT2D eigenvalue weighted by atomic mass is 16.5. The van der Waals surface area contributed by atoms with Crippen LogP contribution >= 0.6 is 0 Å². The maximum absolute atomic E-state index is 5.16. The van der Waals surface area contributed by atoms with Crippen LogP contribution in [0.3, 0.4) is 0 Å². The highest BCUT2D eigenvalue weighted by Crippen LogP contribution is 2.02. The molecule has 0 N–H and O–H groups in total. The van der Waals surface area contributed by atoms with Crippen molar-refractivity contribution >= 4 is 0 Å². The molecule has 2 nitrogen and oxygen atoms in total. The number of ether oxygens (including phenoxy) is 1. The van der Waals surface area contributed by atoms with Gasteiger partial charge in [-0.05, 0) is 11.6 Å². The second-order valence-electron chi connectivity index (χ2n) is 3.21. The lowest BCUT2D eigenvalue weighted by Crippen LogP contribution is -1.86. The van der Waals surface area contributed by atoms with Crippen molar-refractivity contribution in [2.45, 2.75) is 6.42 Å². The van der Waals surface area contributed by atoms with Gasteiger partial charge < -0.3 is 4.74 Å². The first-order chi connectivity index (χ1) is 7.95. The number of aromatic nitrogens is 1. The van der Waals surface area contributed by atoms with Gasteiger partial charge in [-0.1, -0.05) is 42.3 Å². The Morgan fingerprint density at radius 1 is 1.00 bits per heavy atom. The SMILES string of the molecule is C(#COc1ccccn1)Cc1ccccc1. The van der Waals surface area contributed by atoms with Crippen LogP contribution in [0.5, 0.6) is 5.88 Å². The standard InChI is InChI=1S/C14H11NO/c1-2-7-13(8-3-1)9-6-12-16-14-10-4-5-11-15-14/h1-5,7-8,10-11H,9H2. The van der Waals surface area contributed by atoms with E-state index in [2.05, 4.69) is 17.0 Å². The fourth-order valence-corrected chi connectivity index (χ4v) is 1.23. The average molecular weight is 209 g/mol. The molecule has 0 aliphatic rings. The quantitative estimate of drug-likeness (QED) is 0.709. The first kappa shape index (κ1) is 10.3. The Bertz CT molecular complexity index is 437. The smallest absolute Gasteiger partial charge is 0.230 e. The molecular weight excluding hydrogens is 198 g/mol. The Morgan fingerprint density at radius 2 is 1.81 bits per heavy atom. The summed E-state index contributed by atoms with van der Waals surface area (Å²) in [4.78, 5) is 4.00. The third kappa shape index (κ3) is 3.14. The maximum Gasteiger partial charge on any atom is 0.230 e. The van der Waals surface area contributed by atoms with Crippen molar-refractivity contribution in [3.63, 3.8) is 0 Å². The van der Waals surface area contributed by atoms with Crippen LogP contribution in [0.1, 0.15) is 5.56 Å². The van der Waals surface area contributed by atoms with Crippen molar-refractivity contribution < 1.29 is 4.74 Å². The van der Waals surface area contributed by atoms with Gasteiger partial charge in [0.05, 0.1) is 0 Å². The van der Waals surface area contributed by atoms with Crippen molar-refractivity contribution in [3.8, 4) is 17.9 Å². The topological polar surface area (TPSA) is 22.1 Å². The van der Waals surface area contributed by atoms with Gasteiger partial charge in [-0.3, -0.25) is 0 Å². The fourth-order valence-electron chi connectivity index (χ4n) is 1.23. The van der Waals surface area contributed by atoms with Gasteiger partial charge in [0.2, 0.25) is 5.88 Å². The number of rotatable bonds is 2. The molecule has 1 aromatic carbocycles. The van der Waals surface area contributed by atoms with E-state index in [1.165, 1.54) is 5.56 Å². The van der Waals surface area contributed by atoms with E-state index in [4.69, 9.17) is 4.74 Å². The zero-order chi connectivity index (χ0) is 11.1. The van der Waals surface area contributed by atoms with E-state index in [0.29, 0.717) is 12.3 Å². The van der Waals surface area contributed by atoms with Gasteiger partial charge in [0, 0.05) is 18.7 Å². The third-order valence-electron chi connectivity index (χ3n) is 2.00. The molecule has 1 aromatic heterocycles. The van der Waals surface area contributed by atoms with E-state index in [0.717, 1.165) is 0 Å². The normalized spacial score (nSPS) is 9.00. The predicted molar refractivity (Wildman–Crippen MR) is 62.8 cm³/mol. The van der Waals surface area contributed by atoms with Crippen molar-refractivity contribution in [1.82, 2.24) is 4.98 Å². The number of nitrogens with zero attached hydrogens (tertiary/aromatic N) is 1. The van der Waals surface area contributed by atoms with Gasteiger partial charge >= 0.3 is 0 Å². The number of hydrogen-bond donors (Lipinski definition) is 0. The van der Waals surface area contributed by atoms with E-state index >= 15 is 0 Å². The van der Waals surface area contributed by atoms with E-state index in [1.54, 1.807) is 12.3 Å². The summed E-state index contributed by atoms with van der Waals surface area (Å²) in [6.07, 6.45) is 5.00. The van der Waals surface area contributed by atoms with Crippen LogP contribution in [0.15, 0.2) is 54.7 Å². The fraction of sp³-hybridized carbons (Fsp3) is 0.0714. The van der Waals surface area contributed by atoms with Gasteiger partial charge in [-0.25, -0.2) is 4.98 Å². The summed E-state index contributed by atoms with van der Waals surface area (Å²) < 4.78 is 5.16. The van der Waals surface area contributed by atoms with Crippen LogP contribution in [0, 0.1) is 12.0 Å². The number of benzene rings is 1. The van der Waals surface area contributed by atoms with Crippen molar-refractivity contribution in [2.24, 2.45) is 0 Å². The van der Waals surface area contributed by atoms with Crippen molar-refractivity contribution in [3.05, 3.63) is 60.3 Å². The molecule has 0 amide bonds. The number of pyridine rings is 1. The van der Waals surface area contributed by atoms with E-state index < -0.39 is 0 Å². The Kier molecular flexibility index (Phi) is 3.57. The Balaban J connectivity index is 1.88. The van der Waals surface area contributed by atoms with Crippen LogP contribution in [0.25, 0.3) is 0 Å². The summed E-state index contributed by atoms with van der Waals surface area (Å²) in [6, 6.07) is 15.5. The van der Waals surface area contributed by atoms with E-state index in [-0.39, 0.29) is 0 Å². The van der Waals surface area contributed by atoms with Crippen LogP contribution in [-0.2, 0) is 6.42 Å². The molecule has 0 bridgehead atoms. The maximum atomic E-state index is 5.16. The Morgan fingerprint density at radius 3 is 2.56 bits per heavy atom. The average Bonchev–Trinajstić information content (AvgIpc) is 2.37. The molecule has 2 rings (SSSR count). The van der Waals surface area contributed by atoms with Crippen LogP contribution in [0.4, 0.5) is 0 Å². The largest absolute Gasteiger partial charge is 0.388 e. The molecular formula is C14H11NO. The predicted octanol–water partition coefficient (Wildman–Crippen LogP) is 2.66. The Labute approximate surface area is 94.9 Å². The minimum atomic E-state index is 0.531. The summed E-state index contributed by atoms with van der Waals surface area (Å²) in [6.45, 7) is 0. The Hall–Kier alpha value is -2.27. The van der Waals surface area contributed by atoms with Gasteiger partial charge in [-0.2, -0.15) is 0 Å². The molecule has 0 radical (unpaired) electrons. The summed E-state index contributed by atoms with van der Waals surface area (Å²) in [5.74, 6) is 3.47. The van der Waals surface area contributed by atoms with Crippen LogP contribution in [0.2, 0.25) is 0 Å². The van der Waals surface area contributed by atoms with Gasteiger partial charge in [0.1, 0.15) is 6.11 Å². The van der Waals surface area contributed by atoms with E-state index in [1.807, 2.05) is 42.5 Å². The first-order valence-electron chi connectivity index (χ1n) is 5.05.